The van der Waals surface area contributed by atoms with Gasteiger partial charge < -0.3 is 10.6 Å². The molecule has 0 radical (unpaired) electrons. The third kappa shape index (κ3) is 6.21. The van der Waals surface area contributed by atoms with Gasteiger partial charge in [-0.3, -0.25) is 9.79 Å². The number of hydrogen-bond acceptors (Lipinski definition) is 3. The molecule has 4 nitrogen and oxygen atoms in total. The first-order valence-electron chi connectivity index (χ1n) is 3.81. The van der Waals surface area contributed by atoms with Gasteiger partial charge in [-0.1, -0.05) is 17.8 Å². The van der Waals surface area contributed by atoms with Crippen molar-refractivity contribution in [3.63, 3.8) is 0 Å². The number of hydrogen-bond donors (Lipinski definition) is 1. The van der Waals surface area contributed by atoms with Crippen LogP contribution in [0, 0.1) is 0 Å². The van der Waals surface area contributed by atoms with E-state index in [2.05, 4.69) is 11.6 Å². The fourth-order valence-corrected chi connectivity index (χ4v) is 1.16. The predicted molar refractivity (Wildman–Crippen MR) is 57.8 cm³/mol. The summed E-state index contributed by atoms with van der Waals surface area (Å²) >= 11 is 1.24. The molecule has 0 atom stereocenters. The molecule has 0 aromatic rings. The van der Waals surface area contributed by atoms with Gasteiger partial charge in [0.1, 0.15) is 0 Å². The Morgan fingerprint density at radius 3 is 2.77 bits per heavy atom. The van der Waals surface area contributed by atoms with E-state index in [0.29, 0.717) is 17.5 Å². The van der Waals surface area contributed by atoms with Crippen molar-refractivity contribution in [1.82, 2.24) is 4.90 Å². The third-order valence-corrected chi connectivity index (χ3v) is 2.03. The second-order valence-corrected chi connectivity index (χ2v) is 3.54. The van der Waals surface area contributed by atoms with E-state index in [0.717, 1.165) is 0 Å². The van der Waals surface area contributed by atoms with E-state index in [4.69, 9.17) is 5.73 Å². The van der Waals surface area contributed by atoms with Crippen molar-refractivity contribution in [3.05, 3.63) is 12.7 Å². The van der Waals surface area contributed by atoms with Gasteiger partial charge in [0.05, 0.1) is 12.3 Å². The molecule has 0 bridgehead atoms. The number of carbonyl (C=O) groups excluding carboxylic acids is 1. The summed E-state index contributed by atoms with van der Waals surface area (Å²) in [6.07, 6.45) is 1.65. The lowest BCUT2D eigenvalue weighted by Gasteiger charge is -2.08. The van der Waals surface area contributed by atoms with Crippen LogP contribution < -0.4 is 5.73 Å². The number of thioether (sulfide) groups is 1. The molecule has 0 fully saturated rings. The molecule has 0 spiro atoms. The molecule has 0 saturated carbocycles. The molecule has 13 heavy (non-hydrogen) atoms. The monoisotopic (exact) mass is 201 g/mol. The lowest BCUT2D eigenvalue weighted by molar-refractivity contribution is -0.125. The largest absolute Gasteiger partial charge is 0.379 e. The topological polar surface area (TPSA) is 58.7 Å². The molecule has 0 aliphatic heterocycles. The minimum Gasteiger partial charge on any atom is -0.379 e. The highest BCUT2D eigenvalue weighted by Crippen LogP contribution is 2.00. The SMILES string of the molecule is C=CCN=C(N)SCC(=O)N(C)C. The van der Waals surface area contributed by atoms with Gasteiger partial charge in [0.15, 0.2) is 5.17 Å². The molecule has 0 aliphatic carbocycles. The molecule has 0 saturated heterocycles. The Kier molecular flexibility index (Phi) is 6.05. The zero-order valence-electron chi connectivity index (χ0n) is 7.99. The molecular weight excluding hydrogens is 186 g/mol. The minimum absolute atomic E-state index is 0.0294. The van der Waals surface area contributed by atoms with Crippen LogP contribution >= 0.6 is 11.8 Å². The second kappa shape index (κ2) is 6.54. The molecule has 0 heterocycles. The molecule has 74 valence electrons. The lowest BCUT2D eigenvalue weighted by atomic mass is 10.6. The van der Waals surface area contributed by atoms with Gasteiger partial charge in [0.2, 0.25) is 5.91 Å². The number of carbonyl (C=O) groups is 1. The standard InChI is InChI=1S/C8H15N3OS/c1-4-5-10-8(9)13-6-7(12)11(2)3/h4H,1,5-6H2,2-3H3,(H2,9,10). The van der Waals surface area contributed by atoms with Crippen LogP contribution in [0.3, 0.4) is 0 Å². The van der Waals surface area contributed by atoms with Gasteiger partial charge in [0.25, 0.3) is 0 Å². The van der Waals surface area contributed by atoms with Gasteiger partial charge in [0, 0.05) is 14.1 Å². The maximum absolute atomic E-state index is 11.1. The van der Waals surface area contributed by atoms with Crippen molar-refractivity contribution in [2.45, 2.75) is 0 Å². The molecule has 0 rings (SSSR count). The van der Waals surface area contributed by atoms with Crippen molar-refractivity contribution in [1.29, 1.82) is 0 Å². The van der Waals surface area contributed by atoms with E-state index in [1.54, 1.807) is 20.2 Å². The summed E-state index contributed by atoms with van der Waals surface area (Å²) in [4.78, 5) is 16.6. The molecule has 2 N–H and O–H groups in total. The molecular formula is C8H15N3OS. The molecule has 0 unspecified atom stereocenters. The highest BCUT2D eigenvalue weighted by molar-refractivity contribution is 8.14. The second-order valence-electron chi connectivity index (χ2n) is 2.54. The summed E-state index contributed by atoms with van der Waals surface area (Å²) in [5.41, 5.74) is 5.50. The van der Waals surface area contributed by atoms with Crippen LogP contribution in [0.15, 0.2) is 17.6 Å². The van der Waals surface area contributed by atoms with Crippen LogP contribution in [0.25, 0.3) is 0 Å². The summed E-state index contributed by atoms with van der Waals surface area (Å²) < 4.78 is 0. The normalized spacial score (nSPS) is 11.1. The Morgan fingerprint density at radius 2 is 2.31 bits per heavy atom. The average Bonchev–Trinajstić information content (AvgIpc) is 2.10. The zero-order valence-corrected chi connectivity index (χ0v) is 8.80. The number of nitrogens with two attached hydrogens (primary N) is 1. The van der Waals surface area contributed by atoms with E-state index in [-0.39, 0.29) is 5.91 Å². The van der Waals surface area contributed by atoms with Crippen LogP contribution in [-0.2, 0) is 4.79 Å². The molecule has 0 aromatic heterocycles. The lowest BCUT2D eigenvalue weighted by Crippen LogP contribution is -2.25. The summed E-state index contributed by atoms with van der Waals surface area (Å²) in [5.74, 6) is 0.362. The van der Waals surface area contributed by atoms with E-state index < -0.39 is 0 Å². The van der Waals surface area contributed by atoms with E-state index >= 15 is 0 Å². The number of rotatable bonds is 4. The van der Waals surface area contributed by atoms with Crippen molar-refractivity contribution in [2.24, 2.45) is 10.7 Å². The van der Waals surface area contributed by atoms with Crippen molar-refractivity contribution >= 4 is 22.8 Å². The van der Waals surface area contributed by atoms with Crippen LogP contribution in [0.4, 0.5) is 0 Å². The number of amides is 1. The Labute approximate surface area is 82.9 Å². The quantitative estimate of drug-likeness (QED) is 0.404. The third-order valence-electron chi connectivity index (χ3n) is 1.22. The fourth-order valence-electron chi connectivity index (χ4n) is 0.465. The van der Waals surface area contributed by atoms with Crippen molar-refractivity contribution in [3.8, 4) is 0 Å². The molecule has 0 aliphatic rings. The zero-order chi connectivity index (χ0) is 10.3. The van der Waals surface area contributed by atoms with Gasteiger partial charge >= 0.3 is 0 Å². The van der Waals surface area contributed by atoms with Gasteiger partial charge in [-0.05, 0) is 0 Å². The first-order chi connectivity index (χ1) is 6.07. The Bertz CT molecular complexity index is 213. The van der Waals surface area contributed by atoms with Crippen LogP contribution in [0.2, 0.25) is 0 Å². The Balaban J connectivity index is 3.75. The van der Waals surface area contributed by atoms with Gasteiger partial charge in [-0.25, -0.2) is 0 Å². The minimum atomic E-state index is 0.0294. The number of aliphatic imine (C=N–C) groups is 1. The predicted octanol–water partition coefficient (Wildman–Crippen LogP) is 0.308. The summed E-state index contributed by atoms with van der Waals surface area (Å²) in [5, 5.41) is 0.426. The maximum Gasteiger partial charge on any atom is 0.232 e. The van der Waals surface area contributed by atoms with Crippen molar-refractivity contribution in [2.75, 3.05) is 26.4 Å². The molecule has 1 amide bonds. The molecule has 5 heteroatoms. The first kappa shape index (κ1) is 12.0. The molecule has 0 aromatic carbocycles. The maximum atomic E-state index is 11.1. The van der Waals surface area contributed by atoms with E-state index in [9.17, 15) is 4.79 Å². The first-order valence-corrected chi connectivity index (χ1v) is 4.80. The summed E-state index contributed by atoms with van der Waals surface area (Å²) in [6.45, 7) is 4.00. The number of amidine groups is 1. The van der Waals surface area contributed by atoms with Gasteiger partial charge in [-0.15, -0.1) is 6.58 Å². The smallest absolute Gasteiger partial charge is 0.232 e. The fraction of sp³-hybridized carbons (Fsp3) is 0.500. The Hall–Kier alpha value is -0.970. The average molecular weight is 201 g/mol. The van der Waals surface area contributed by atoms with Crippen LogP contribution in [-0.4, -0.2) is 42.4 Å². The van der Waals surface area contributed by atoms with Crippen molar-refractivity contribution < 1.29 is 4.79 Å². The van der Waals surface area contributed by atoms with E-state index in [1.807, 2.05) is 0 Å². The Morgan fingerprint density at radius 1 is 1.69 bits per heavy atom. The van der Waals surface area contributed by atoms with Crippen LogP contribution in [0.5, 0.6) is 0 Å². The number of nitrogens with zero attached hydrogens (tertiary/aromatic N) is 2. The van der Waals surface area contributed by atoms with Crippen LogP contribution in [0.1, 0.15) is 0 Å². The van der Waals surface area contributed by atoms with Gasteiger partial charge in [-0.2, -0.15) is 0 Å². The van der Waals surface area contributed by atoms with E-state index in [1.165, 1.54) is 16.7 Å². The summed E-state index contributed by atoms with van der Waals surface area (Å²) in [6, 6.07) is 0. The summed E-state index contributed by atoms with van der Waals surface area (Å²) in [7, 11) is 3.42. The highest BCUT2D eigenvalue weighted by Gasteiger charge is 2.04. The highest BCUT2D eigenvalue weighted by atomic mass is 32.2.